The highest BCUT2D eigenvalue weighted by atomic mass is 19.4. The quantitative estimate of drug-likeness (QED) is 0.613. The van der Waals surface area contributed by atoms with Crippen molar-refractivity contribution >= 4 is 16.7 Å². The zero-order valence-corrected chi connectivity index (χ0v) is 14.9. The summed E-state index contributed by atoms with van der Waals surface area (Å²) in [4.78, 5) is 12.2. The van der Waals surface area contributed by atoms with Gasteiger partial charge in [-0.1, -0.05) is 18.1 Å². The standard InChI is InChI=1S/C22H16F3NO2/c1-3-14(2)26-21(27)16-7-12-19-15(13-16)5-4-6-20(19)28-18-10-8-17(9-11-18)22(23,24)25/h1,4-14H,2H3,(H,26,27). The molecule has 1 N–H and O–H groups in total. The molecule has 0 aliphatic carbocycles. The van der Waals surface area contributed by atoms with Crippen molar-refractivity contribution < 1.29 is 22.7 Å². The molecule has 0 saturated heterocycles. The van der Waals surface area contributed by atoms with E-state index in [0.29, 0.717) is 11.3 Å². The van der Waals surface area contributed by atoms with Gasteiger partial charge in [0.1, 0.15) is 11.5 Å². The number of carbonyl (C=O) groups is 1. The lowest BCUT2D eigenvalue weighted by molar-refractivity contribution is -0.137. The molecule has 0 aliphatic rings. The zero-order chi connectivity index (χ0) is 20.3. The van der Waals surface area contributed by atoms with E-state index in [1.54, 1.807) is 37.3 Å². The van der Waals surface area contributed by atoms with E-state index in [1.807, 2.05) is 6.07 Å². The fraction of sp³-hybridized carbons (Fsp3) is 0.136. The molecule has 1 atom stereocenters. The van der Waals surface area contributed by atoms with Crippen LogP contribution in [0.25, 0.3) is 10.8 Å². The van der Waals surface area contributed by atoms with Gasteiger partial charge >= 0.3 is 6.18 Å². The number of rotatable bonds is 4. The third kappa shape index (κ3) is 4.26. The molecule has 0 bridgehead atoms. The Morgan fingerprint density at radius 3 is 2.46 bits per heavy atom. The van der Waals surface area contributed by atoms with Crippen molar-refractivity contribution in [2.75, 3.05) is 0 Å². The SMILES string of the molecule is C#CC(C)NC(=O)c1ccc2c(Oc3ccc(C(F)(F)F)cc3)cccc2c1. The maximum Gasteiger partial charge on any atom is 0.416 e. The molecule has 0 heterocycles. The second kappa shape index (κ2) is 7.65. The molecule has 28 heavy (non-hydrogen) atoms. The average Bonchev–Trinajstić information content (AvgIpc) is 2.67. The van der Waals surface area contributed by atoms with E-state index in [1.165, 1.54) is 12.1 Å². The van der Waals surface area contributed by atoms with Crippen LogP contribution in [0.1, 0.15) is 22.8 Å². The Morgan fingerprint density at radius 1 is 1.11 bits per heavy atom. The molecular weight excluding hydrogens is 367 g/mol. The van der Waals surface area contributed by atoms with Crippen LogP contribution >= 0.6 is 0 Å². The lowest BCUT2D eigenvalue weighted by atomic mass is 10.1. The summed E-state index contributed by atoms with van der Waals surface area (Å²) in [6.45, 7) is 1.70. The second-order valence-corrected chi connectivity index (χ2v) is 6.18. The van der Waals surface area contributed by atoms with Gasteiger partial charge in [0.25, 0.3) is 5.91 Å². The van der Waals surface area contributed by atoms with Gasteiger partial charge in [-0.25, -0.2) is 0 Å². The van der Waals surface area contributed by atoms with E-state index in [2.05, 4.69) is 11.2 Å². The van der Waals surface area contributed by atoms with Crippen LogP contribution in [-0.4, -0.2) is 11.9 Å². The number of carbonyl (C=O) groups excluding carboxylic acids is 1. The van der Waals surface area contributed by atoms with Crippen molar-refractivity contribution in [3.63, 3.8) is 0 Å². The third-order valence-electron chi connectivity index (χ3n) is 4.11. The van der Waals surface area contributed by atoms with Crippen molar-refractivity contribution in [2.24, 2.45) is 0 Å². The number of alkyl halides is 3. The number of benzene rings is 3. The Balaban J connectivity index is 1.87. The summed E-state index contributed by atoms with van der Waals surface area (Å²) in [6.07, 6.45) is 0.875. The summed E-state index contributed by atoms with van der Waals surface area (Å²) < 4.78 is 43.8. The molecule has 3 aromatic carbocycles. The number of nitrogens with one attached hydrogen (secondary N) is 1. The first-order chi connectivity index (χ1) is 13.3. The van der Waals surface area contributed by atoms with Crippen molar-refractivity contribution in [2.45, 2.75) is 19.1 Å². The molecule has 0 radical (unpaired) electrons. The Kier molecular flexibility index (Phi) is 5.27. The molecule has 0 spiro atoms. The topological polar surface area (TPSA) is 38.3 Å². The molecule has 0 aliphatic heterocycles. The van der Waals surface area contributed by atoms with Gasteiger partial charge in [-0.2, -0.15) is 13.2 Å². The second-order valence-electron chi connectivity index (χ2n) is 6.18. The minimum absolute atomic E-state index is 0.283. The van der Waals surface area contributed by atoms with Crippen LogP contribution in [0.4, 0.5) is 13.2 Å². The highest BCUT2D eigenvalue weighted by Crippen LogP contribution is 2.33. The fourth-order valence-corrected chi connectivity index (χ4v) is 2.64. The van der Waals surface area contributed by atoms with E-state index in [0.717, 1.165) is 22.9 Å². The molecule has 1 unspecified atom stereocenters. The number of hydrogen-bond donors (Lipinski definition) is 1. The monoisotopic (exact) mass is 383 g/mol. The minimum Gasteiger partial charge on any atom is -0.457 e. The van der Waals surface area contributed by atoms with Crippen LogP contribution in [-0.2, 0) is 6.18 Å². The number of terminal acetylenes is 1. The molecule has 0 fully saturated rings. The summed E-state index contributed by atoms with van der Waals surface area (Å²) in [5.74, 6) is 2.90. The maximum atomic E-state index is 12.7. The van der Waals surface area contributed by atoms with E-state index in [-0.39, 0.29) is 11.7 Å². The Hall–Kier alpha value is -3.46. The number of ether oxygens (including phenoxy) is 1. The number of fused-ring (bicyclic) bond motifs is 1. The number of amides is 1. The van der Waals surface area contributed by atoms with Crippen LogP contribution < -0.4 is 10.1 Å². The van der Waals surface area contributed by atoms with Crippen LogP contribution in [0.15, 0.2) is 60.7 Å². The molecule has 3 nitrogen and oxygen atoms in total. The first-order valence-corrected chi connectivity index (χ1v) is 8.43. The zero-order valence-electron chi connectivity index (χ0n) is 14.9. The minimum atomic E-state index is -4.40. The van der Waals surface area contributed by atoms with Crippen LogP contribution in [0, 0.1) is 12.3 Å². The van der Waals surface area contributed by atoms with Gasteiger partial charge in [-0.3, -0.25) is 4.79 Å². The number of halogens is 3. The predicted octanol–water partition coefficient (Wildman–Crippen LogP) is 5.40. The molecule has 0 aromatic heterocycles. The highest BCUT2D eigenvalue weighted by molar-refractivity contribution is 6.00. The Labute approximate surface area is 160 Å². The van der Waals surface area contributed by atoms with E-state index >= 15 is 0 Å². The van der Waals surface area contributed by atoms with Crippen LogP contribution in [0.3, 0.4) is 0 Å². The summed E-state index contributed by atoms with van der Waals surface area (Å²) in [6, 6.07) is 14.4. The first-order valence-electron chi connectivity index (χ1n) is 8.43. The summed E-state index contributed by atoms with van der Waals surface area (Å²) >= 11 is 0. The molecular formula is C22H16F3NO2. The van der Waals surface area contributed by atoms with Gasteiger partial charge in [0, 0.05) is 10.9 Å². The van der Waals surface area contributed by atoms with Gasteiger partial charge in [0.2, 0.25) is 0 Å². The highest BCUT2D eigenvalue weighted by Gasteiger charge is 2.30. The van der Waals surface area contributed by atoms with Gasteiger partial charge in [-0.05, 0) is 60.8 Å². The third-order valence-corrected chi connectivity index (χ3v) is 4.11. The van der Waals surface area contributed by atoms with E-state index in [4.69, 9.17) is 11.2 Å². The van der Waals surface area contributed by atoms with Gasteiger partial charge in [0.05, 0.1) is 11.6 Å². The first kappa shape index (κ1) is 19.3. The van der Waals surface area contributed by atoms with Crippen molar-refractivity contribution in [1.29, 1.82) is 0 Å². The van der Waals surface area contributed by atoms with Gasteiger partial charge < -0.3 is 10.1 Å². The van der Waals surface area contributed by atoms with Gasteiger partial charge in [0.15, 0.2) is 0 Å². The normalized spacial score (nSPS) is 12.2. The van der Waals surface area contributed by atoms with E-state index in [9.17, 15) is 18.0 Å². The lowest BCUT2D eigenvalue weighted by Gasteiger charge is -2.12. The largest absolute Gasteiger partial charge is 0.457 e. The molecule has 3 aromatic rings. The smallest absolute Gasteiger partial charge is 0.416 e. The molecule has 1 amide bonds. The predicted molar refractivity (Wildman–Crippen MR) is 101 cm³/mol. The van der Waals surface area contributed by atoms with E-state index < -0.39 is 17.8 Å². The van der Waals surface area contributed by atoms with Crippen molar-refractivity contribution in [3.8, 4) is 23.8 Å². The Bertz CT molecular complexity index is 1050. The summed E-state index contributed by atoms with van der Waals surface area (Å²) in [5.41, 5.74) is -0.295. The molecule has 0 saturated carbocycles. The molecule has 142 valence electrons. The summed E-state index contributed by atoms with van der Waals surface area (Å²) in [5, 5.41) is 4.17. The van der Waals surface area contributed by atoms with Crippen LogP contribution in [0.5, 0.6) is 11.5 Å². The van der Waals surface area contributed by atoms with Crippen molar-refractivity contribution in [1.82, 2.24) is 5.32 Å². The molecule has 6 heteroatoms. The average molecular weight is 383 g/mol. The number of hydrogen-bond acceptors (Lipinski definition) is 2. The van der Waals surface area contributed by atoms with Gasteiger partial charge in [-0.15, -0.1) is 6.42 Å². The maximum absolute atomic E-state index is 12.7. The summed E-state index contributed by atoms with van der Waals surface area (Å²) in [7, 11) is 0. The fourth-order valence-electron chi connectivity index (χ4n) is 2.64. The lowest BCUT2D eigenvalue weighted by Crippen LogP contribution is -2.31. The molecule has 3 rings (SSSR count). The Morgan fingerprint density at radius 2 is 1.82 bits per heavy atom. The van der Waals surface area contributed by atoms with Crippen LogP contribution in [0.2, 0.25) is 0 Å². The van der Waals surface area contributed by atoms with Crippen molar-refractivity contribution in [3.05, 3.63) is 71.8 Å².